The van der Waals surface area contributed by atoms with Crippen LogP contribution in [0.3, 0.4) is 0 Å². The molecular formula is C9H13N3O2S2. The van der Waals surface area contributed by atoms with Gasteiger partial charge in [-0.25, -0.2) is 8.42 Å². The van der Waals surface area contributed by atoms with Gasteiger partial charge in [-0.2, -0.15) is 5.10 Å². The number of hydrogen-bond donors (Lipinski definition) is 1. The van der Waals surface area contributed by atoms with Crippen LogP contribution in [0.1, 0.15) is 18.2 Å². The van der Waals surface area contributed by atoms with E-state index < -0.39 is 9.84 Å². The largest absolute Gasteiger partial charge is 0.300 e. The lowest BCUT2D eigenvalue weighted by molar-refractivity contribution is 0.599. The number of H-pyrrole nitrogens is 1. The number of nitrogens with one attached hydrogen (secondary N) is 1. The second kappa shape index (κ2) is 4.14. The molecule has 16 heavy (non-hydrogen) atoms. The number of allylic oxidation sites excluding steroid dienone is 1. The molecule has 7 heteroatoms. The smallest absolute Gasteiger partial charge is 0.195 e. The molecule has 1 atom stereocenters. The van der Waals surface area contributed by atoms with Gasteiger partial charge in [-0.3, -0.25) is 5.10 Å². The van der Waals surface area contributed by atoms with Crippen molar-refractivity contribution in [2.24, 2.45) is 0 Å². The normalized spacial score (nSPS) is 23.4. The predicted octanol–water partition coefficient (Wildman–Crippen LogP) is 1.03. The summed E-state index contributed by atoms with van der Waals surface area (Å²) in [6, 6.07) is 0. The van der Waals surface area contributed by atoms with Gasteiger partial charge in [0, 0.05) is 12.5 Å². The Bertz CT molecular complexity index is 556. The van der Waals surface area contributed by atoms with E-state index in [1.165, 1.54) is 0 Å². The van der Waals surface area contributed by atoms with Gasteiger partial charge >= 0.3 is 0 Å². The summed E-state index contributed by atoms with van der Waals surface area (Å²) in [5, 5.41) is 6.81. The topological polar surface area (TPSA) is 67.8 Å². The van der Waals surface area contributed by atoms with E-state index in [0.717, 1.165) is 5.82 Å². The Balaban J connectivity index is 2.35. The molecule has 1 unspecified atom stereocenters. The number of hydrogen-bond acceptors (Lipinski definition) is 4. The Kier molecular flexibility index (Phi) is 2.98. The molecule has 1 saturated heterocycles. The highest BCUT2D eigenvalue weighted by atomic mass is 32.2. The molecule has 0 aromatic carbocycles. The van der Waals surface area contributed by atoms with Crippen molar-refractivity contribution in [3.8, 4) is 0 Å². The summed E-state index contributed by atoms with van der Waals surface area (Å²) in [5.74, 6) is 1.10. The van der Waals surface area contributed by atoms with Crippen LogP contribution in [0.25, 0.3) is 0 Å². The molecule has 0 radical (unpaired) electrons. The molecule has 1 aliphatic rings. The summed E-state index contributed by atoms with van der Waals surface area (Å²) in [5.41, 5.74) is 0. The zero-order chi connectivity index (χ0) is 11.8. The first-order valence-corrected chi connectivity index (χ1v) is 7.23. The van der Waals surface area contributed by atoms with Crippen LogP contribution in [0.15, 0.2) is 12.7 Å². The molecule has 1 fully saturated rings. The van der Waals surface area contributed by atoms with Crippen LogP contribution >= 0.6 is 12.2 Å². The fraction of sp³-hybridized carbons (Fsp3) is 0.556. The Morgan fingerprint density at radius 3 is 3.00 bits per heavy atom. The number of aromatic amines is 1. The second-order valence-corrected chi connectivity index (χ2v) is 6.50. The van der Waals surface area contributed by atoms with E-state index in [2.05, 4.69) is 16.8 Å². The molecule has 0 saturated carbocycles. The van der Waals surface area contributed by atoms with Crippen molar-refractivity contribution in [1.29, 1.82) is 0 Å². The van der Waals surface area contributed by atoms with Crippen molar-refractivity contribution in [1.82, 2.24) is 14.8 Å². The van der Waals surface area contributed by atoms with E-state index >= 15 is 0 Å². The highest BCUT2D eigenvalue weighted by Gasteiger charge is 2.32. The van der Waals surface area contributed by atoms with E-state index in [0.29, 0.717) is 17.7 Å². The molecule has 1 aliphatic heterocycles. The summed E-state index contributed by atoms with van der Waals surface area (Å²) < 4.78 is 25.1. The minimum absolute atomic E-state index is 0.0436. The van der Waals surface area contributed by atoms with Gasteiger partial charge in [0.2, 0.25) is 0 Å². The van der Waals surface area contributed by atoms with Crippen molar-refractivity contribution in [2.45, 2.75) is 18.9 Å². The molecule has 1 aromatic heterocycles. The molecule has 2 rings (SSSR count). The van der Waals surface area contributed by atoms with Crippen LogP contribution in [-0.4, -0.2) is 34.7 Å². The van der Waals surface area contributed by atoms with Crippen molar-refractivity contribution in [3.63, 3.8) is 0 Å². The molecule has 88 valence electrons. The van der Waals surface area contributed by atoms with Crippen LogP contribution < -0.4 is 0 Å². The van der Waals surface area contributed by atoms with Crippen LogP contribution in [0.4, 0.5) is 0 Å². The van der Waals surface area contributed by atoms with Crippen LogP contribution in [0.2, 0.25) is 0 Å². The number of nitrogens with zero attached hydrogens (tertiary/aromatic N) is 2. The minimum Gasteiger partial charge on any atom is -0.300 e. The van der Waals surface area contributed by atoms with Gasteiger partial charge in [-0.1, -0.05) is 6.08 Å². The van der Waals surface area contributed by atoms with Gasteiger partial charge in [-0.15, -0.1) is 6.58 Å². The first kappa shape index (κ1) is 11.5. The van der Waals surface area contributed by atoms with Gasteiger partial charge in [0.25, 0.3) is 0 Å². The number of rotatable bonds is 3. The standard InChI is InChI=1S/C9H13N3O2S2/c1-2-4-12-8(10-11-9(12)15)7-3-5-16(13,14)6-7/h2,7H,1,3-6H2,(H,11,15). The predicted molar refractivity (Wildman–Crippen MR) is 63.6 cm³/mol. The van der Waals surface area contributed by atoms with Gasteiger partial charge < -0.3 is 4.57 Å². The Morgan fingerprint density at radius 1 is 1.69 bits per heavy atom. The first-order chi connectivity index (χ1) is 7.53. The minimum atomic E-state index is -2.89. The van der Waals surface area contributed by atoms with E-state index in [9.17, 15) is 8.42 Å². The van der Waals surface area contributed by atoms with Crippen molar-refractivity contribution >= 4 is 22.1 Å². The first-order valence-electron chi connectivity index (χ1n) is 5.00. The van der Waals surface area contributed by atoms with Crippen LogP contribution in [0, 0.1) is 4.77 Å². The third-order valence-electron chi connectivity index (χ3n) is 2.70. The zero-order valence-electron chi connectivity index (χ0n) is 8.72. The van der Waals surface area contributed by atoms with Gasteiger partial charge in [-0.05, 0) is 18.6 Å². The summed E-state index contributed by atoms with van der Waals surface area (Å²) in [4.78, 5) is 0. The average molecular weight is 259 g/mol. The van der Waals surface area contributed by atoms with E-state index in [4.69, 9.17) is 12.2 Å². The molecule has 0 bridgehead atoms. The van der Waals surface area contributed by atoms with Crippen molar-refractivity contribution in [2.75, 3.05) is 11.5 Å². The van der Waals surface area contributed by atoms with Crippen LogP contribution in [0.5, 0.6) is 0 Å². The molecule has 5 nitrogen and oxygen atoms in total. The van der Waals surface area contributed by atoms with Crippen molar-refractivity contribution in [3.05, 3.63) is 23.3 Å². The Morgan fingerprint density at radius 2 is 2.44 bits per heavy atom. The lowest BCUT2D eigenvalue weighted by Gasteiger charge is -2.08. The van der Waals surface area contributed by atoms with Gasteiger partial charge in [0.05, 0.1) is 11.5 Å². The molecule has 0 amide bonds. The lowest BCUT2D eigenvalue weighted by atomic mass is 10.1. The van der Waals surface area contributed by atoms with E-state index in [-0.39, 0.29) is 17.4 Å². The Labute approximate surface area is 99.1 Å². The van der Waals surface area contributed by atoms with E-state index in [1.54, 1.807) is 10.6 Å². The van der Waals surface area contributed by atoms with Gasteiger partial charge in [0.1, 0.15) is 5.82 Å². The maximum atomic E-state index is 11.4. The zero-order valence-corrected chi connectivity index (χ0v) is 10.4. The molecule has 0 spiro atoms. The molecule has 2 heterocycles. The van der Waals surface area contributed by atoms with E-state index in [1.807, 2.05) is 0 Å². The fourth-order valence-corrected chi connectivity index (χ4v) is 3.90. The molecule has 1 aromatic rings. The highest BCUT2D eigenvalue weighted by Crippen LogP contribution is 2.27. The summed E-state index contributed by atoms with van der Waals surface area (Å²) in [6.07, 6.45) is 2.34. The molecular weight excluding hydrogens is 246 g/mol. The van der Waals surface area contributed by atoms with Crippen LogP contribution in [-0.2, 0) is 16.4 Å². The molecule has 1 N–H and O–H groups in total. The van der Waals surface area contributed by atoms with Crippen molar-refractivity contribution < 1.29 is 8.42 Å². The highest BCUT2D eigenvalue weighted by molar-refractivity contribution is 7.91. The molecule has 0 aliphatic carbocycles. The monoisotopic (exact) mass is 259 g/mol. The third-order valence-corrected chi connectivity index (χ3v) is 4.78. The summed E-state index contributed by atoms with van der Waals surface area (Å²) in [7, 11) is -2.89. The fourth-order valence-electron chi connectivity index (χ4n) is 1.95. The summed E-state index contributed by atoms with van der Waals surface area (Å²) >= 11 is 5.08. The average Bonchev–Trinajstić information content (AvgIpc) is 2.72. The quantitative estimate of drug-likeness (QED) is 0.650. The number of aromatic nitrogens is 3. The Hall–Kier alpha value is -0.950. The summed E-state index contributed by atoms with van der Waals surface area (Å²) in [6.45, 7) is 4.20. The number of sulfone groups is 1. The maximum Gasteiger partial charge on any atom is 0.195 e. The third kappa shape index (κ3) is 2.10. The van der Waals surface area contributed by atoms with Gasteiger partial charge in [0.15, 0.2) is 14.6 Å². The SMILES string of the molecule is C=CCn1c(C2CCS(=O)(=O)C2)n[nH]c1=S. The lowest BCUT2D eigenvalue weighted by Crippen LogP contribution is -2.10. The maximum absolute atomic E-state index is 11.4. The second-order valence-electron chi connectivity index (χ2n) is 3.89.